The molecule has 5 aromatic rings. The standard InChI is InChI=1S/C35H33N3O5/c39-21-25-13-11-24(12-14-25)19-31(35(41)43-22-26-7-3-1-4-8-26)37-34(40)27-15-16-32-30(20-27)36-33(28-17-18-42-23-28)38(32)29-9-5-2-6-10-29/h1,3-4,7-8,11-18,20-21,23,29,31H,2,5-6,9-10,19,22H2,(H,37,40)/t31-/m0/s1. The van der Waals surface area contributed by atoms with E-state index in [-0.39, 0.29) is 13.0 Å². The zero-order valence-corrected chi connectivity index (χ0v) is 23.8. The molecule has 43 heavy (non-hydrogen) atoms. The summed E-state index contributed by atoms with van der Waals surface area (Å²) in [7, 11) is 0. The Bertz CT molecular complexity index is 1700. The first kappa shape index (κ1) is 28.2. The monoisotopic (exact) mass is 575 g/mol. The highest BCUT2D eigenvalue weighted by molar-refractivity contribution is 5.99. The van der Waals surface area contributed by atoms with Gasteiger partial charge in [0.05, 0.1) is 22.9 Å². The minimum atomic E-state index is -0.935. The van der Waals surface area contributed by atoms with Gasteiger partial charge in [-0.15, -0.1) is 0 Å². The number of carbonyl (C=O) groups excluding carboxylic acids is 3. The molecule has 218 valence electrons. The largest absolute Gasteiger partial charge is 0.472 e. The van der Waals surface area contributed by atoms with E-state index in [9.17, 15) is 14.4 Å². The van der Waals surface area contributed by atoms with Crippen LogP contribution < -0.4 is 5.32 Å². The van der Waals surface area contributed by atoms with Crippen LogP contribution in [0.15, 0.2) is 95.8 Å². The summed E-state index contributed by atoms with van der Waals surface area (Å²) in [6.07, 6.45) is 10.1. The van der Waals surface area contributed by atoms with Gasteiger partial charge in [0, 0.05) is 23.6 Å². The van der Waals surface area contributed by atoms with E-state index in [0.717, 1.165) is 47.2 Å². The molecule has 1 aliphatic rings. The summed E-state index contributed by atoms with van der Waals surface area (Å²) < 4.78 is 13.3. The number of esters is 1. The van der Waals surface area contributed by atoms with Gasteiger partial charge < -0.3 is 19.0 Å². The molecule has 1 aliphatic carbocycles. The number of carbonyl (C=O) groups is 3. The van der Waals surface area contributed by atoms with Gasteiger partial charge in [0.25, 0.3) is 5.91 Å². The summed E-state index contributed by atoms with van der Waals surface area (Å²) in [4.78, 5) is 42.9. The minimum Gasteiger partial charge on any atom is -0.472 e. The lowest BCUT2D eigenvalue weighted by Gasteiger charge is -2.25. The van der Waals surface area contributed by atoms with Gasteiger partial charge in [-0.1, -0.05) is 73.9 Å². The summed E-state index contributed by atoms with van der Waals surface area (Å²) in [6.45, 7) is 0.0947. The van der Waals surface area contributed by atoms with Crippen LogP contribution in [0, 0.1) is 0 Å². The second-order valence-corrected chi connectivity index (χ2v) is 11.0. The van der Waals surface area contributed by atoms with Crippen molar-refractivity contribution in [2.75, 3.05) is 0 Å². The number of amides is 1. The Hall–Kier alpha value is -4.98. The highest BCUT2D eigenvalue weighted by Crippen LogP contribution is 2.36. The minimum absolute atomic E-state index is 0.0947. The summed E-state index contributed by atoms with van der Waals surface area (Å²) in [5, 5.41) is 2.89. The quantitative estimate of drug-likeness (QED) is 0.147. The Morgan fingerprint density at radius 2 is 1.77 bits per heavy atom. The number of nitrogens with one attached hydrogen (secondary N) is 1. The molecule has 6 rings (SSSR count). The summed E-state index contributed by atoms with van der Waals surface area (Å²) in [5.74, 6) is -0.110. The van der Waals surface area contributed by atoms with Crippen molar-refractivity contribution in [2.45, 2.75) is 57.2 Å². The highest BCUT2D eigenvalue weighted by atomic mass is 16.5. The second kappa shape index (κ2) is 12.9. The average Bonchev–Trinajstić information content (AvgIpc) is 3.72. The molecule has 0 bridgehead atoms. The van der Waals surface area contributed by atoms with Crippen LogP contribution in [0.4, 0.5) is 0 Å². The normalized spacial score (nSPS) is 14.3. The molecule has 3 aromatic carbocycles. The number of nitrogens with zero attached hydrogens (tertiary/aromatic N) is 2. The molecule has 2 heterocycles. The number of hydrogen-bond acceptors (Lipinski definition) is 6. The third-order valence-corrected chi connectivity index (χ3v) is 8.04. The number of aromatic nitrogens is 2. The van der Waals surface area contributed by atoms with Crippen LogP contribution in [0.3, 0.4) is 0 Å². The summed E-state index contributed by atoms with van der Waals surface area (Å²) in [6, 6.07) is 23.1. The number of hydrogen-bond donors (Lipinski definition) is 1. The Morgan fingerprint density at radius 3 is 2.49 bits per heavy atom. The maximum Gasteiger partial charge on any atom is 0.329 e. The van der Waals surface area contributed by atoms with E-state index in [0.29, 0.717) is 22.7 Å². The van der Waals surface area contributed by atoms with Crippen LogP contribution in [0.5, 0.6) is 0 Å². The van der Waals surface area contributed by atoms with Gasteiger partial charge in [-0.25, -0.2) is 9.78 Å². The third-order valence-electron chi connectivity index (χ3n) is 8.04. The number of benzene rings is 3. The zero-order valence-electron chi connectivity index (χ0n) is 23.8. The molecule has 1 N–H and O–H groups in total. The number of fused-ring (bicyclic) bond motifs is 1. The Kier molecular flexibility index (Phi) is 8.45. The molecular formula is C35H33N3O5. The van der Waals surface area contributed by atoms with Gasteiger partial charge >= 0.3 is 5.97 Å². The molecule has 0 unspecified atom stereocenters. The first-order valence-corrected chi connectivity index (χ1v) is 14.7. The van der Waals surface area contributed by atoms with Crippen molar-refractivity contribution in [1.29, 1.82) is 0 Å². The summed E-state index contributed by atoms with van der Waals surface area (Å²) >= 11 is 0. The van der Waals surface area contributed by atoms with Crippen LogP contribution in [0.1, 0.15) is 70.0 Å². The third kappa shape index (κ3) is 6.43. The van der Waals surface area contributed by atoms with E-state index in [2.05, 4.69) is 9.88 Å². The fraction of sp³-hybridized carbons (Fsp3) is 0.257. The van der Waals surface area contributed by atoms with Gasteiger partial charge in [-0.2, -0.15) is 0 Å². The van der Waals surface area contributed by atoms with Crippen molar-refractivity contribution in [3.8, 4) is 11.4 Å². The van der Waals surface area contributed by atoms with Crippen molar-refractivity contribution < 1.29 is 23.5 Å². The molecule has 0 aliphatic heterocycles. The average molecular weight is 576 g/mol. The van der Waals surface area contributed by atoms with Gasteiger partial charge in [0.1, 0.15) is 31.0 Å². The molecular weight excluding hydrogens is 542 g/mol. The Labute approximate surface area is 249 Å². The molecule has 1 amide bonds. The van der Waals surface area contributed by atoms with E-state index in [4.69, 9.17) is 14.1 Å². The van der Waals surface area contributed by atoms with Crippen LogP contribution >= 0.6 is 0 Å². The van der Waals surface area contributed by atoms with Crippen molar-refractivity contribution in [2.24, 2.45) is 0 Å². The van der Waals surface area contributed by atoms with Gasteiger partial charge in [0.2, 0.25) is 0 Å². The SMILES string of the molecule is O=Cc1ccc(C[C@H](NC(=O)c2ccc3c(c2)nc(-c2ccoc2)n3C2CCCCC2)C(=O)OCc2ccccc2)cc1. The lowest BCUT2D eigenvalue weighted by Crippen LogP contribution is -2.43. The number of furan rings is 1. The van der Waals surface area contributed by atoms with E-state index in [1.54, 1.807) is 48.9 Å². The van der Waals surface area contributed by atoms with Gasteiger partial charge in [0.15, 0.2) is 0 Å². The smallest absolute Gasteiger partial charge is 0.329 e. The Balaban J connectivity index is 1.26. The van der Waals surface area contributed by atoms with Crippen LogP contribution in [0.25, 0.3) is 22.4 Å². The van der Waals surface area contributed by atoms with Crippen molar-refractivity contribution in [3.63, 3.8) is 0 Å². The van der Waals surface area contributed by atoms with Crippen molar-refractivity contribution in [3.05, 3.63) is 114 Å². The van der Waals surface area contributed by atoms with E-state index in [1.807, 2.05) is 42.5 Å². The zero-order chi connectivity index (χ0) is 29.6. The number of ether oxygens (including phenoxy) is 1. The van der Waals surface area contributed by atoms with E-state index >= 15 is 0 Å². The number of imidazole rings is 1. The molecule has 0 saturated heterocycles. The Morgan fingerprint density at radius 1 is 0.977 bits per heavy atom. The van der Waals surface area contributed by atoms with Crippen LogP contribution in [0.2, 0.25) is 0 Å². The van der Waals surface area contributed by atoms with E-state index < -0.39 is 17.9 Å². The molecule has 2 aromatic heterocycles. The van der Waals surface area contributed by atoms with E-state index in [1.165, 1.54) is 19.3 Å². The first-order chi connectivity index (χ1) is 21.1. The molecule has 1 fully saturated rings. The molecule has 1 saturated carbocycles. The van der Waals surface area contributed by atoms with Gasteiger partial charge in [-0.05, 0) is 48.2 Å². The predicted molar refractivity (Wildman–Crippen MR) is 163 cm³/mol. The topological polar surface area (TPSA) is 103 Å². The fourth-order valence-electron chi connectivity index (χ4n) is 5.78. The second-order valence-electron chi connectivity index (χ2n) is 11.0. The molecule has 1 atom stereocenters. The summed E-state index contributed by atoms with van der Waals surface area (Å²) in [5.41, 5.74) is 5.15. The number of rotatable bonds is 10. The van der Waals surface area contributed by atoms with Crippen molar-refractivity contribution >= 4 is 29.2 Å². The fourth-order valence-corrected chi connectivity index (χ4v) is 5.78. The maximum absolute atomic E-state index is 13.6. The maximum atomic E-state index is 13.6. The lowest BCUT2D eigenvalue weighted by atomic mass is 9.95. The molecule has 0 radical (unpaired) electrons. The van der Waals surface area contributed by atoms with Gasteiger partial charge in [-0.3, -0.25) is 9.59 Å². The number of aldehydes is 1. The van der Waals surface area contributed by atoms with Crippen molar-refractivity contribution in [1.82, 2.24) is 14.9 Å². The molecule has 0 spiro atoms. The first-order valence-electron chi connectivity index (χ1n) is 14.7. The predicted octanol–water partition coefficient (Wildman–Crippen LogP) is 6.70. The lowest BCUT2D eigenvalue weighted by molar-refractivity contribution is -0.147. The van der Waals surface area contributed by atoms with Crippen LogP contribution in [-0.4, -0.2) is 33.8 Å². The molecule has 8 nitrogen and oxygen atoms in total. The highest BCUT2D eigenvalue weighted by Gasteiger charge is 2.26. The van der Waals surface area contributed by atoms with Crippen LogP contribution in [-0.2, 0) is 22.6 Å². The molecule has 8 heteroatoms.